The van der Waals surface area contributed by atoms with Crippen LogP contribution in [0.2, 0.25) is 0 Å². The van der Waals surface area contributed by atoms with Crippen LogP contribution < -0.4 is 5.32 Å². The van der Waals surface area contributed by atoms with Crippen LogP contribution in [0.4, 0.5) is 13.2 Å². The molecule has 1 fully saturated rings. The number of nitrogens with one attached hydrogen (secondary N) is 1. The van der Waals surface area contributed by atoms with Gasteiger partial charge in [0, 0.05) is 31.5 Å². The Labute approximate surface area is 104 Å². The molecule has 2 heterocycles. The Balaban J connectivity index is 2.06. The molecule has 0 aromatic carbocycles. The largest absolute Gasteiger partial charge is 0.398 e. The number of rotatable bonds is 0. The molecule has 2 nitrogen and oxygen atoms in total. The summed E-state index contributed by atoms with van der Waals surface area (Å²) >= 11 is 0. The Hall–Kier alpha value is -1.23. The molecule has 0 saturated carbocycles. The molecule has 1 unspecified atom stereocenters. The normalized spacial score (nSPS) is 27.8. The van der Waals surface area contributed by atoms with Crippen LogP contribution in [0.3, 0.4) is 0 Å². The molecule has 5 heteroatoms. The van der Waals surface area contributed by atoms with E-state index in [0.717, 1.165) is 24.4 Å². The molecule has 0 aromatic heterocycles. The fraction of sp³-hybridized carbons (Fsp3) is 0.538. The summed E-state index contributed by atoms with van der Waals surface area (Å²) in [5, 5.41) is 3.25. The Bertz CT molecular complexity index is 446. The topological polar surface area (TPSA) is 15.3 Å². The highest BCUT2D eigenvalue weighted by molar-refractivity contribution is 5.44. The number of halogens is 3. The minimum Gasteiger partial charge on any atom is -0.347 e. The van der Waals surface area contributed by atoms with E-state index >= 15 is 0 Å². The molecule has 1 N–H and O–H groups in total. The number of nitrogens with zero attached hydrogens (tertiary/aromatic N) is 1. The van der Waals surface area contributed by atoms with Gasteiger partial charge in [-0.1, -0.05) is 12.2 Å². The molecule has 1 atom stereocenters. The number of hydrogen-bond donors (Lipinski definition) is 1. The first-order chi connectivity index (χ1) is 8.57. The van der Waals surface area contributed by atoms with Crippen LogP contribution in [0.25, 0.3) is 0 Å². The lowest BCUT2D eigenvalue weighted by Crippen LogP contribution is -2.33. The molecule has 0 aromatic rings. The van der Waals surface area contributed by atoms with Gasteiger partial charge in [0.25, 0.3) is 0 Å². The van der Waals surface area contributed by atoms with Crippen LogP contribution in [0.15, 0.2) is 35.2 Å². The summed E-state index contributed by atoms with van der Waals surface area (Å²) in [4.78, 5) is 1.96. The monoisotopic (exact) mass is 256 g/mol. The van der Waals surface area contributed by atoms with Gasteiger partial charge in [-0.05, 0) is 24.0 Å². The number of alkyl halides is 3. The van der Waals surface area contributed by atoms with Crippen LogP contribution in [0.5, 0.6) is 0 Å². The summed E-state index contributed by atoms with van der Waals surface area (Å²) < 4.78 is 39.2. The zero-order chi connectivity index (χ0) is 12.8. The van der Waals surface area contributed by atoms with Crippen molar-refractivity contribution >= 4 is 0 Å². The van der Waals surface area contributed by atoms with E-state index in [1.165, 1.54) is 6.08 Å². The molecule has 3 rings (SSSR count). The van der Waals surface area contributed by atoms with Crippen LogP contribution in [-0.2, 0) is 0 Å². The van der Waals surface area contributed by atoms with E-state index in [1.54, 1.807) is 6.20 Å². The fourth-order valence-electron chi connectivity index (χ4n) is 2.95. The third kappa shape index (κ3) is 1.86. The second-order valence-corrected chi connectivity index (χ2v) is 4.87. The molecule has 0 spiro atoms. The van der Waals surface area contributed by atoms with Crippen molar-refractivity contribution in [2.75, 3.05) is 19.6 Å². The summed E-state index contributed by atoms with van der Waals surface area (Å²) in [7, 11) is 0. The van der Waals surface area contributed by atoms with Gasteiger partial charge < -0.3 is 10.2 Å². The second-order valence-electron chi connectivity index (χ2n) is 4.87. The molecular weight excluding hydrogens is 241 g/mol. The first kappa shape index (κ1) is 11.8. The van der Waals surface area contributed by atoms with Crippen LogP contribution in [0.1, 0.15) is 12.8 Å². The summed E-state index contributed by atoms with van der Waals surface area (Å²) in [5.74, 6) is -1.40. The van der Waals surface area contributed by atoms with Crippen LogP contribution in [-0.4, -0.2) is 30.7 Å². The smallest absolute Gasteiger partial charge is 0.347 e. The maximum absolute atomic E-state index is 13.1. The van der Waals surface area contributed by atoms with Gasteiger partial charge in [0.2, 0.25) is 0 Å². The quantitative estimate of drug-likeness (QED) is 0.716. The average Bonchev–Trinajstić information content (AvgIpc) is 2.52. The van der Waals surface area contributed by atoms with Crippen molar-refractivity contribution in [2.24, 2.45) is 5.92 Å². The standard InChI is InChI=1S/C13H15F3N2/c14-13(15,16)11-4-6-18-7-5-17-8-9-2-1-3-10(11)12(9)18/h2,4,6,11,17H,1,3,5,7-8H2. The van der Waals surface area contributed by atoms with E-state index in [1.807, 2.05) is 4.90 Å². The maximum atomic E-state index is 13.1. The third-order valence-electron chi connectivity index (χ3n) is 3.73. The second kappa shape index (κ2) is 4.16. The van der Waals surface area contributed by atoms with Crippen molar-refractivity contribution in [3.05, 3.63) is 35.2 Å². The van der Waals surface area contributed by atoms with Gasteiger partial charge in [-0.25, -0.2) is 0 Å². The highest BCUT2D eigenvalue weighted by Gasteiger charge is 2.44. The molecule has 1 aliphatic carbocycles. The third-order valence-corrected chi connectivity index (χ3v) is 3.73. The van der Waals surface area contributed by atoms with E-state index in [-0.39, 0.29) is 0 Å². The van der Waals surface area contributed by atoms with Gasteiger partial charge in [-0.3, -0.25) is 0 Å². The van der Waals surface area contributed by atoms with Crippen molar-refractivity contribution in [3.63, 3.8) is 0 Å². The highest BCUT2D eigenvalue weighted by atomic mass is 19.4. The zero-order valence-corrected chi connectivity index (χ0v) is 9.93. The van der Waals surface area contributed by atoms with Gasteiger partial charge in [-0.15, -0.1) is 0 Å². The van der Waals surface area contributed by atoms with E-state index in [2.05, 4.69) is 11.4 Å². The van der Waals surface area contributed by atoms with Crippen molar-refractivity contribution in [1.29, 1.82) is 0 Å². The first-order valence-electron chi connectivity index (χ1n) is 6.22. The maximum Gasteiger partial charge on any atom is 0.398 e. The van der Waals surface area contributed by atoms with Crippen LogP contribution in [0, 0.1) is 5.92 Å². The van der Waals surface area contributed by atoms with E-state index in [9.17, 15) is 13.2 Å². The zero-order valence-electron chi connectivity index (χ0n) is 9.93. The Morgan fingerprint density at radius 3 is 2.94 bits per heavy atom. The first-order valence-corrected chi connectivity index (χ1v) is 6.22. The summed E-state index contributed by atoms with van der Waals surface area (Å²) in [6.45, 7) is 2.21. The average molecular weight is 256 g/mol. The molecule has 0 amide bonds. The Morgan fingerprint density at radius 2 is 2.17 bits per heavy atom. The molecule has 0 radical (unpaired) electrons. The van der Waals surface area contributed by atoms with Crippen molar-refractivity contribution in [3.8, 4) is 0 Å². The molecule has 1 saturated heterocycles. The Morgan fingerprint density at radius 1 is 1.33 bits per heavy atom. The van der Waals surface area contributed by atoms with Crippen molar-refractivity contribution < 1.29 is 13.2 Å². The summed E-state index contributed by atoms with van der Waals surface area (Å²) in [5.41, 5.74) is 2.38. The minimum absolute atomic E-state index is 0.518. The molecular formula is C13H15F3N2. The lowest BCUT2D eigenvalue weighted by atomic mass is 9.84. The summed E-state index contributed by atoms with van der Waals surface area (Å²) in [6, 6.07) is 0. The van der Waals surface area contributed by atoms with Gasteiger partial charge in [0.05, 0.1) is 5.92 Å². The fourth-order valence-corrected chi connectivity index (χ4v) is 2.95. The number of allylic oxidation sites excluding steroid dienone is 3. The van der Waals surface area contributed by atoms with Crippen molar-refractivity contribution in [1.82, 2.24) is 10.2 Å². The molecule has 2 aliphatic heterocycles. The van der Waals surface area contributed by atoms with Gasteiger partial charge >= 0.3 is 6.18 Å². The molecule has 18 heavy (non-hydrogen) atoms. The highest BCUT2D eigenvalue weighted by Crippen LogP contribution is 2.43. The SMILES string of the molecule is FC(F)(F)C1C=CN2CCNCC3=CCCC1=C32. The van der Waals surface area contributed by atoms with Gasteiger partial charge in [0.1, 0.15) is 0 Å². The molecule has 3 aliphatic rings. The van der Waals surface area contributed by atoms with Gasteiger partial charge in [0.15, 0.2) is 0 Å². The lowest BCUT2D eigenvalue weighted by molar-refractivity contribution is -0.153. The lowest BCUT2D eigenvalue weighted by Gasteiger charge is -2.35. The van der Waals surface area contributed by atoms with Crippen LogP contribution >= 0.6 is 0 Å². The predicted molar refractivity (Wildman–Crippen MR) is 62.6 cm³/mol. The minimum atomic E-state index is -4.17. The van der Waals surface area contributed by atoms with E-state index < -0.39 is 12.1 Å². The van der Waals surface area contributed by atoms with Crippen molar-refractivity contribution in [2.45, 2.75) is 19.0 Å². The molecule has 98 valence electrons. The molecule has 0 bridgehead atoms. The Kier molecular flexibility index (Phi) is 2.73. The summed E-state index contributed by atoms with van der Waals surface area (Å²) in [6.07, 6.45) is 2.02. The number of hydrogen-bond acceptors (Lipinski definition) is 2. The van der Waals surface area contributed by atoms with E-state index in [4.69, 9.17) is 0 Å². The predicted octanol–water partition coefficient (Wildman–Crippen LogP) is 2.57. The van der Waals surface area contributed by atoms with E-state index in [0.29, 0.717) is 25.0 Å². The van der Waals surface area contributed by atoms with Gasteiger partial charge in [-0.2, -0.15) is 13.2 Å².